The average Bonchev–Trinajstić information content (AvgIpc) is 2.46. The van der Waals surface area contributed by atoms with Crippen LogP contribution in [0.4, 0.5) is 0 Å². The summed E-state index contributed by atoms with van der Waals surface area (Å²) in [5.74, 6) is 0.312. The molecular formula is C15H20ClNO4. The zero-order valence-electron chi connectivity index (χ0n) is 12.0. The Morgan fingerprint density at radius 1 is 1.52 bits per heavy atom. The number of rotatable bonds is 4. The number of aryl methyl sites for hydroxylation is 1. The second kappa shape index (κ2) is 7.11. The second-order valence-corrected chi connectivity index (χ2v) is 5.77. The van der Waals surface area contributed by atoms with E-state index in [2.05, 4.69) is 0 Å². The van der Waals surface area contributed by atoms with Crippen molar-refractivity contribution in [1.29, 1.82) is 0 Å². The van der Waals surface area contributed by atoms with Gasteiger partial charge in [0.2, 0.25) is 0 Å². The number of piperidine rings is 1. The van der Waals surface area contributed by atoms with Crippen LogP contribution in [0, 0.1) is 12.8 Å². The van der Waals surface area contributed by atoms with E-state index in [1.54, 1.807) is 23.1 Å². The van der Waals surface area contributed by atoms with Crippen molar-refractivity contribution >= 4 is 17.5 Å². The van der Waals surface area contributed by atoms with Gasteiger partial charge in [0.1, 0.15) is 5.75 Å². The number of benzene rings is 1. The largest absolute Gasteiger partial charge is 0.483 e. The molecule has 2 atom stereocenters. The van der Waals surface area contributed by atoms with E-state index in [-0.39, 0.29) is 31.6 Å². The maximum absolute atomic E-state index is 12.1. The Hall–Kier alpha value is -1.30. The Balaban J connectivity index is 1.87. The van der Waals surface area contributed by atoms with Crippen molar-refractivity contribution in [3.05, 3.63) is 28.8 Å². The molecule has 0 radical (unpaired) electrons. The van der Waals surface area contributed by atoms with Crippen LogP contribution >= 0.6 is 11.6 Å². The number of ether oxygens (including phenoxy) is 1. The van der Waals surface area contributed by atoms with E-state index in [4.69, 9.17) is 21.4 Å². The number of hydrogen-bond acceptors (Lipinski definition) is 4. The highest BCUT2D eigenvalue weighted by Gasteiger charge is 2.29. The van der Waals surface area contributed by atoms with Gasteiger partial charge in [0.25, 0.3) is 5.91 Å². The van der Waals surface area contributed by atoms with Crippen LogP contribution in [0.25, 0.3) is 0 Å². The molecule has 1 heterocycles. The number of hydrogen-bond donors (Lipinski definition) is 2. The van der Waals surface area contributed by atoms with E-state index in [9.17, 15) is 9.90 Å². The third-order valence-electron chi connectivity index (χ3n) is 3.80. The van der Waals surface area contributed by atoms with E-state index >= 15 is 0 Å². The molecule has 1 aromatic rings. The molecule has 6 heteroatoms. The van der Waals surface area contributed by atoms with Crippen LogP contribution in [0.3, 0.4) is 0 Å². The minimum absolute atomic E-state index is 0.0519. The van der Waals surface area contributed by atoms with Gasteiger partial charge in [0.15, 0.2) is 6.61 Å². The number of nitrogens with zero attached hydrogens (tertiary/aromatic N) is 1. The monoisotopic (exact) mass is 313 g/mol. The predicted molar refractivity (Wildman–Crippen MR) is 79.5 cm³/mol. The van der Waals surface area contributed by atoms with Gasteiger partial charge in [-0.2, -0.15) is 0 Å². The van der Waals surface area contributed by atoms with E-state index in [0.29, 0.717) is 23.7 Å². The number of halogens is 1. The Labute approximate surface area is 129 Å². The molecule has 0 bridgehead atoms. The molecule has 1 saturated heterocycles. The zero-order valence-corrected chi connectivity index (χ0v) is 12.7. The molecule has 116 valence electrons. The number of aliphatic hydroxyl groups excluding tert-OH is 2. The van der Waals surface area contributed by atoms with Crippen LogP contribution in [0.5, 0.6) is 5.75 Å². The number of carbonyl (C=O) groups is 1. The van der Waals surface area contributed by atoms with Gasteiger partial charge in [-0.15, -0.1) is 0 Å². The minimum Gasteiger partial charge on any atom is -0.483 e. The number of likely N-dealkylation sites (tertiary alicyclic amines) is 1. The average molecular weight is 314 g/mol. The van der Waals surface area contributed by atoms with Gasteiger partial charge in [-0.3, -0.25) is 4.79 Å². The molecule has 2 rings (SSSR count). The molecule has 1 fully saturated rings. The lowest BCUT2D eigenvalue weighted by Gasteiger charge is -2.35. The van der Waals surface area contributed by atoms with Crippen molar-refractivity contribution in [2.45, 2.75) is 19.4 Å². The first kappa shape index (κ1) is 16.1. The smallest absolute Gasteiger partial charge is 0.260 e. The summed E-state index contributed by atoms with van der Waals surface area (Å²) in [7, 11) is 0. The molecule has 1 aliphatic rings. The standard InChI is InChI=1S/C15H20ClNO4/c1-10-6-12(16)2-3-14(10)21-9-15(20)17-5-4-11(8-18)13(19)7-17/h2-3,6,11,13,18-19H,4-5,7-9H2,1H3/t11-,13-/m1/s1. The third-order valence-corrected chi connectivity index (χ3v) is 4.03. The van der Waals surface area contributed by atoms with Crippen molar-refractivity contribution in [2.24, 2.45) is 5.92 Å². The third kappa shape index (κ3) is 4.09. The number of β-amino-alcohol motifs (C(OH)–C–C–N with tert-alkyl or cyclic N) is 1. The van der Waals surface area contributed by atoms with E-state index in [1.807, 2.05) is 6.92 Å². The maximum atomic E-state index is 12.1. The molecule has 0 unspecified atom stereocenters. The van der Waals surface area contributed by atoms with Crippen molar-refractivity contribution in [2.75, 3.05) is 26.3 Å². The number of amides is 1. The summed E-state index contributed by atoms with van der Waals surface area (Å²) < 4.78 is 5.51. The van der Waals surface area contributed by atoms with Gasteiger partial charge >= 0.3 is 0 Å². The van der Waals surface area contributed by atoms with Crippen LogP contribution < -0.4 is 4.74 Å². The van der Waals surface area contributed by atoms with E-state index < -0.39 is 6.10 Å². The quantitative estimate of drug-likeness (QED) is 0.877. The fraction of sp³-hybridized carbons (Fsp3) is 0.533. The molecule has 21 heavy (non-hydrogen) atoms. The normalized spacial score (nSPS) is 22.2. The topological polar surface area (TPSA) is 70.0 Å². The summed E-state index contributed by atoms with van der Waals surface area (Å²) >= 11 is 5.87. The lowest BCUT2D eigenvalue weighted by atomic mass is 9.95. The summed E-state index contributed by atoms with van der Waals surface area (Å²) in [5.41, 5.74) is 0.870. The molecule has 0 aliphatic carbocycles. The Morgan fingerprint density at radius 2 is 2.29 bits per heavy atom. The summed E-state index contributed by atoms with van der Waals surface area (Å²) in [5, 5.41) is 19.6. The summed E-state index contributed by atoms with van der Waals surface area (Å²) in [6.45, 7) is 2.52. The molecule has 1 aliphatic heterocycles. The van der Waals surface area contributed by atoms with Crippen LogP contribution in [-0.2, 0) is 4.79 Å². The number of carbonyl (C=O) groups excluding carboxylic acids is 1. The molecule has 0 saturated carbocycles. The lowest BCUT2D eigenvalue weighted by Crippen LogP contribution is -2.48. The fourth-order valence-electron chi connectivity index (χ4n) is 2.43. The SMILES string of the molecule is Cc1cc(Cl)ccc1OCC(=O)N1CC[C@H](CO)[C@H](O)C1. The number of aliphatic hydroxyl groups is 2. The molecule has 1 amide bonds. The predicted octanol–water partition coefficient (Wildman–Crippen LogP) is 1.23. The van der Waals surface area contributed by atoms with Gasteiger partial charge in [-0.1, -0.05) is 11.6 Å². The lowest BCUT2D eigenvalue weighted by molar-refractivity contribution is -0.138. The first-order valence-electron chi connectivity index (χ1n) is 6.97. The van der Waals surface area contributed by atoms with Gasteiger partial charge in [-0.25, -0.2) is 0 Å². The van der Waals surface area contributed by atoms with Crippen LogP contribution in [0.2, 0.25) is 5.02 Å². The van der Waals surface area contributed by atoms with E-state index in [0.717, 1.165) is 5.56 Å². The zero-order chi connectivity index (χ0) is 15.4. The molecule has 5 nitrogen and oxygen atoms in total. The van der Waals surface area contributed by atoms with Gasteiger partial charge in [-0.05, 0) is 37.1 Å². The highest BCUT2D eigenvalue weighted by molar-refractivity contribution is 6.30. The summed E-state index contributed by atoms with van der Waals surface area (Å²) in [6, 6.07) is 5.22. The van der Waals surface area contributed by atoms with Crippen molar-refractivity contribution in [3.63, 3.8) is 0 Å². The van der Waals surface area contributed by atoms with Crippen molar-refractivity contribution < 1.29 is 19.7 Å². The highest BCUT2D eigenvalue weighted by Crippen LogP contribution is 2.22. The first-order valence-corrected chi connectivity index (χ1v) is 7.34. The van der Waals surface area contributed by atoms with Gasteiger partial charge in [0.05, 0.1) is 6.10 Å². The van der Waals surface area contributed by atoms with Crippen molar-refractivity contribution in [3.8, 4) is 5.75 Å². The first-order chi connectivity index (χ1) is 10.0. The molecule has 0 aromatic heterocycles. The molecule has 0 spiro atoms. The Kier molecular flexibility index (Phi) is 5.45. The second-order valence-electron chi connectivity index (χ2n) is 5.34. The fourth-order valence-corrected chi connectivity index (χ4v) is 2.65. The van der Waals surface area contributed by atoms with Crippen LogP contribution in [-0.4, -0.2) is 53.4 Å². The highest BCUT2D eigenvalue weighted by atomic mass is 35.5. The van der Waals surface area contributed by atoms with E-state index in [1.165, 1.54) is 0 Å². The van der Waals surface area contributed by atoms with Crippen molar-refractivity contribution in [1.82, 2.24) is 4.90 Å². The minimum atomic E-state index is -0.676. The Bertz CT molecular complexity index is 508. The molecule has 1 aromatic carbocycles. The van der Waals surface area contributed by atoms with Crippen LogP contribution in [0.1, 0.15) is 12.0 Å². The molecular weight excluding hydrogens is 294 g/mol. The van der Waals surface area contributed by atoms with Gasteiger partial charge < -0.3 is 19.8 Å². The summed E-state index contributed by atoms with van der Waals surface area (Å²) in [6.07, 6.45) is -0.0754. The molecule has 2 N–H and O–H groups in total. The van der Waals surface area contributed by atoms with Crippen LogP contribution in [0.15, 0.2) is 18.2 Å². The summed E-state index contributed by atoms with van der Waals surface area (Å²) in [4.78, 5) is 13.7. The van der Waals surface area contributed by atoms with Gasteiger partial charge in [0, 0.05) is 30.6 Å². The Morgan fingerprint density at radius 3 is 2.90 bits per heavy atom. The maximum Gasteiger partial charge on any atom is 0.260 e.